The highest BCUT2D eigenvalue weighted by atomic mass is 35.5. The molecule has 0 fully saturated rings. The maximum atomic E-state index is 9.17. The fraction of sp³-hybridized carbons (Fsp3) is 0.444. The van der Waals surface area contributed by atoms with Gasteiger partial charge in [-0.05, 0) is 11.6 Å². The van der Waals surface area contributed by atoms with Crippen molar-refractivity contribution in [1.29, 1.82) is 0 Å². The van der Waals surface area contributed by atoms with Crippen molar-refractivity contribution in [3.05, 3.63) is 11.5 Å². The molecular weight excluding hydrogens is 246 g/mol. The van der Waals surface area contributed by atoms with Gasteiger partial charge in [0.05, 0.1) is 30.8 Å². The number of H-pyrrole nitrogens is 1. The summed E-state index contributed by atoms with van der Waals surface area (Å²) in [6.07, 6.45) is 1.59. The first kappa shape index (κ1) is 12.0. The number of anilines is 1. The summed E-state index contributed by atoms with van der Waals surface area (Å²) in [5, 5.41) is 19.6. The summed E-state index contributed by atoms with van der Waals surface area (Å²) in [6.45, 7) is 0.284. The van der Waals surface area contributed by atoms with Crippen LogP contribution in [0.25, 0.3) is 11.0 Å². The molecule has 2 rings (SSSR count). The number of fused-ring (bicyclic) bond motifs is 1. The van der Waals surface area contributed by atoms with Crippen LogP contribution in [0.1, 0.15) is 0 Å². The van der Waals surface area contributed by atoms with E-state index in [1.165, 1.54) is 0 Å². The molecule has 0 aromatic carbocycles. The molecule has 0 aliphatic carbocycles. The van der Waals surface area contributed by atoms with Crippen LogP contribution in [0.15, 0.2) is 6.20 Å². The number of methoxy groups -OCH3 is 1. The number of aliphatic hydroxyl groups is 1. The van der Waals surface area contributed by atoms with Gasteiger partial charge in [-0.25, -0.2) is 0 Å². The van der Waals surface area contributed by atoms with Crippen molar-refractivity contribution >= 4 is 28.5 Å². The van der Waals surface area contributed by atoms with Crippen LogP contribution in [0, 0.1) is 0 Å². The lowest BCUT2D eigenvalue weighted by Crippen LogP contribution is -2.29. The Morgan fingerprint density at radius 2 is 2.41 bits per heavy atom. The van der Waals surface area contributed by atoms with E-state index in [0.717, 1.165) is 0 Å². The maximum Gasteiger partial charge on any atom is 0.226 e. The molecule has 2 heterocycles. The molecule has 0 amide bonds. The summed E-state index contributed by atoms with van der Waals surface area (Å²) >= 11 is 5.78. The maximum absolute atomic E-state index is 9.17. The Bertz CT molecular complexity index is 503. The van der Waals surface area contributed by atoms with Crippen LogP contribution in [-0.4, -0.2) is 51.6 Å². The van der Waals surface area contributed by atoms with Crippen LogP contribution in [0.4, 0.5) is 5.82 Å². The lowest BCUT2D eigenvalue weighted by Gasteiger charge is -2.16. The minimum atomic E-state index is -0.260. The topological polar surface area (TPSA) is 96.0 Å². The van der Waals surface area contributed by atoms with E-state index in [-0.39, 0.29) is 17.9 Å². The predicted octanol–water partition coefficient (Wildman–Crippen LogP) is 0.425. The van der Waals surface area contributed by atoms with Gasteiger partial charge in [0.25, 0.3) is 0 Å². The van der Waals surface area contributed by atoms with E-state index in [1.54, 1.807) is 13.3 Å². The number of halogens is 1. The monoisotopic (exact) mass is 257 g/mol. The summed E-state index contributed by atoms with van der Waals surface area (Å²) in [5.74, 6) is 0.518. The minimum absolute atomic E-state index is 0.0746. The van der Waals surface area contributed by atoms with Gasteiger partial charge in [-0.1, -0.05) is 0 Å². The molecule has 0 radical (unpaired) electrons. The van der Waals surface area contributed by atoms with Crippen LogP contribution < -0.4 is 5.32 Å². The van der Waals surface area contributed by atoms with E-state index in [1.807, 2.05) is 0 Å². The number of ether oxygens (including phenoxy) is 1. The number of nitrogens with zero attached hydrogens (tertiary/aromatic N) is 3. The van der Waals surface area contributed by atoms with Crippen molar-refractivity contribution in [3.8, 4) is 0 Å². The Kier molecular flexibility index (Phi) is 3.72. The molecule has 0 spiro atoms. The van der Waals surface area contributed by atoms with Crippen molar-refractivity contribution in [1.82, 2.24) is 20.2 Å². The largest absolute Gasteiger partial charge is 0.394 e. The van der Waals surface area contributed by atoms with E-state index < -0.39 is 0 Å². The normalized spacial score (nSPS) is 12.9. The van der Waals surface area contributed by atoms with Gasteiger partial charge in [0.15, 0.2) is 5.65 Å². The highest BCUT2D eigenvalue weighted by Crippen LogP contribution is 2.20. The number of nitrogens with one attached hydrogen (secondary N) is 2. The molecule has 1 atom stereocenters. The van der Waals surface area contributed by atoms with Crippen molar-refractivity contribution < 1.29 is 9.84 Å². The first-order chi connectivity index (χ1) is 8.24. The molecule has 0 saturated carbocycles. The molecule has 8 heteroatoms. The Labute approximate surface area is 102 Å². The van der Waals surface area contributed by atoms with Crippen LogP contribution in [0.3, 0.4) is 0 Å². The number of hydrogen-bond acceptors (Lipinski definition) is 6. The summed E-state index contributed by atoms with van der Waals surface area (Å²) in [4.78, 5) is 8.04. The van der Waals surface area contributed by atoms with Gasteiger partial charge in [0.1, 0.15) is 5.82 Å². The smallest absolute Gasteiger partial charge is 0.226 e. The average Bonchev–Trinajstić information content (AvgIpc) is 2.76. The molecule has 2 aromatic rings. The highest BCUT2D eigenvalue weighted by Gasteiger charge is 2.13. The summed E-state index contributed by atoms with van der Waals surface area (Å²) < 4.78 is 4.97. The van der Waals surface area contributed by atoms with Gasteiger partial charge in [0, 0.05) is 7.11 Å². The Morgan fingerprint density at radius 1 is 1.59 bits per heavy atom. The molecule has 0 saturated heterocycles. The number of aromatic nitrogens is 4. The summed E-state index contributed by atoms with van der Waals surface area (Å²) in [7, 11) is 1.56. The average molecular weight is 258 g/mol. The van der Waals surface area contributed by atoms with E-state index in [2.05, 4.69) is 25.5 Å². The molecule has 0 bridgehead atoms. The number of aliphatic hydroxyl groups excluding tert-OH is 1. The lowest BCUT2D eigenvalue weighted by molar-refractivity contribution is 0.153. The molecule has 3 N–H and O–H groups in total. The number of hydrogen-bond donors (Lipinski definition) is 3. The standard InChI is InChI=1S/C9H12ClN5O2/c1-17-4-5(3-16)12-7-6-2-11-15-8(6)14-9(10)13-7/h2,5,16H,3-4H2,1H3,(H2,11,12,13,14,15). The first-order valence-corrected chi connectivity index (χ1v) is 5.35. The van der Waals surface area contributed by atoms with Gasteiger partial charge in [-0.3, -0.25) is 5.10 Å². The third-order valence-corrected chi connectivity index (χ3v) is 2.38. The van der Waals surface area contributed by atoms with Crippen molar-refractivity contribution in [2.75, 3.05) is 25.6 Å². The fourth-order valence-corrected chi connectivity index (χ4v) is 1.62. The fourth-order valence-electron chi connectivity index (χ4n) is 1.45. The van der Waals surface area contributed by atoms with Gasteiger partial charge in [-0.15, -0.1) is 0 Å². The third kappa shape index (κ3) is 2.63. The Hall–Kier alpha value is -1.44. The first-order valence-electron chi connectivity index (χ1n) is 4.97. The van der Waals surface area contributed by atoms with Gasteiger partial charge in [0.2, 0.25) is 5.28 Å². The molecule has 92 valence electrons. The molecule has 0 aliphatic heterocycles. The van der Waals surface area contributed by atoms with E-state index in [9.17, 15) is 0 Å². The lowest BCUT2D eigenvalue weighted by atomic mass is 10.3. The van der Waals surface area contributed by atoms with Crippen LogP contribution in [-0.2, 0) is 4.74 Å². The van der Waals surface area contributed by atoms with Crippen LogP contribution in [0.5, 0.6) is 0 Å². The zero-order valence-corrected chi connectivity index (χ0v) is 9.90. The van der Waals surface area contributed by atoms with Gasteiger partial charge < -0.3 is 15.2 Å². The minimum Gasteiger partial charge on any atom is -0.394 e. The van der Waals surface area contributed by atoms with E-state index >= 15 is 0 Å². The predicted molar refractivity (Wildman–Crippen MR) is 63.1 cm³/mol. The number of aromatic amines is 1. The summed E-state index contributed by atoms with van der Waals surface area (Å²) in [6, 6.07) is -0.260. The highest BCUT2D eigenvalue weighted by molar-refractivity contribution is 6.28. The molecule has 17 heavy (non-hydrogen) atoms. The Morgan fingerprint density at radius 3 is 3.12 bits per heavy atom. The SMILES string of the molecule is COCC(CO)Nc1nc(Cl)nc2[nH]ncc12. The molecular formula is C9H12ClN5O2. The van der Waals surface area contributed by atoms with E-state index in [0.29, 0.717) is 23.5 Å². The van der Waals surface area contributed by atoms with Gasteiger partial charge >= 0.3 is 0 Å². The van der Waals surface area contributed by atoms with Crippen LogP contribution >= 0.6 is 11.6 Å². The van der Waals surface area contributed by atoms with Crippen molar-refractivity contribution in [2.24, 2.45) is 0 Å². The Balaban J connectivity index is 2.30. The zero-order valence-electron chi connectivity index (χ0n) is 9.14. The second-order valence-electron chi connectivity index (χ2n) is 3.45. The van der Waals surface area contributed by atoms with Crippen molar-refractivity contribution in [3.63, 3.8) is 0 Å². The third-order valence-electron chi connectivity index (χ3n) is 2.21. The molecule has 2 aromatic heterocycles. The number of rotatable bonds is 5. The molecule has 0 aliphatic rings. The van der Waals surface area contributed by atoms with Gasteiger partial charge in [-0.2, -0.15) is 15.1 Å². The van der Waals surface area contributed by atoms with E-state index in [4.69, 9.17) is 21.4 Å². The zero-order chi connectivity index (χ0) is 12.3. The van der Waals surface area contributed by atoms with Crippen molar-refractivity contribution in [2.45, 2.75) is 6.04 Å². The quantitative estimate of drug-likeness (QED) is 0.672. The molecule has 7 nitrogen and oxygen atoms in total. The second-order valence-corrected chi connectivity index (χ2v) is 3.79. The van der Waals surface area contributed by atoms with Crippen LogP contribution in [0.2, 0.25) is 5.28 Å². The molecule has 1 unspecified atom stereocenters. The summed E-state index contributed by atoms with van der Waals surface area (Å²) in [5.41, 5.74) is 0.543. The second kappa shape index (κ2) is 5.26.